The largest absolute Gasteiger partial charge is 0.339 e. The van der Waals surface area contributed by atoms with Crippen molar-refractivity contribution in [3.05, 3.63) is 72.3 Å². The summed E-state index contributed by atoms with van der Waals surface area (Å²) in [5, 5.41) is 3.32. The molecule has 4 rings (SSSR count). The third kappa shape index (κ3) is 2.96. The average molecular weight is 329 g/mol. The van der Waals surface area contributed by atoms with E-state index in [2.05, 4.69) is 46.5 Å². The average Bonchev–Trinajstić information content (AvgIpc) is 2.98. The van der Waals surface area contributed by atoms with Crippen molar-refractivity contribution in [1.82, 2.24) is 19.5 Å². The molecular weight excluding hydrogens is 310 g/mol. The molecule has 0 unspecified atom stereocenters. The van der Waals surface area contributed by atoms with Gasteiger partial charge in [-0.05, 0) is 43.2 Å². The van der Waals surface area contributed by atoms with Crippen LogP contribution in [-0.2, 0) is 6.42 Å². The second-order valence-corrected chi connectivity index (χ2v) is 5.92. The van der Waals surface area contributed by atoms with Crippen molar-refractivity contribution in [2.45, 2.75) is 20.3 Å². The molecule has 0 aliphatic carbocycles. The number of hydrogen-bond donors (Lipinski definition) is 1. The summed E-state index contributed by atoms with van der Waals surface area (Å²) in [5.41, 5.74) is 4.29. The maximum Gasteiger partial charge on any atom is 0.159 e. The highest BCUT2D eigenvalue weighted by atomic mass is 15.2. The lowest BCUT2D eigenvalue weighted by molar-refractivity contribution is 0.943. The van der Waals surface area contributed by atoms with Crippen LogP contribution in [0, 0.1) is 6.92 Å². The van der Waals surface area contributed by atoms with Crippen LogP contribution >= 0.6 is 0 Å². The van der Waals surface area contributed by atoms with Gasteiger partial charge < -0.3 is 5.32 Å². The van der Waals surface area contributed by atoms with Crippen LogP contribution in [-0.4, -0.2) is 19.5 Å². The zero-order valence-electron chi connectivity index (χ0n) is 14.3. The van der Waals surface area contributed by atoms with E-state index in [1.165, 1.54) is 5.56 Å². The Hall–Kier alpha value is -3.21. The zero-order chi connectivity index (χ0) is 17.2. The standard InChI is InChI=1S/C20H19N5/c1-3-15-8-10-16(11-9-15)23-19-12-21-13-20(24-19)25-14(2)22-17-6-4-5-7-18(17)25/h4-13H,3H2,1-2H3,(H,23,24). The molecule has 0 saturated carbocycles. The fraction of sp³-hybridized carbons (Fsp3) is 0.150. The summed E-state index contributed by atoms with van der Waals surface area (Å²) in [4.78, 5) is 13.7. The number of aromatic nitrogens is 4. The molecule has 1 N–H and O–H groups in total. The summed E-state index contributed by atoms with van der Waals surface area (Å²) in [6, 6.07) is 16.4. The van der Waals surface area contributed by atoms with Gasteiger partial charge in [-0.3, -0.25) is 9.55 Å². The SMILES string of the molecule is CCc1ccc(Nc2cncc(-n3c(C)nc4ccccc43)n2)cc1. The number of nitrogens with one attached hydrogen (secondary N) is 1. The van der Waals surface area contributed by atoms with Crippen LogP contribution in [0.4, 0.5) is 11.5 Å². The molecule has 5 heteroatoms. The predicted octanol–water partition coefficient (Wildman–Crippen LogP) is 4.43. The van der Waals surface area contributed by atoms with Gasteiger partial charge in [-0.2, -0.15) is 0 Å². The van der Waals surface area contributed by atoms with Gasteiger partial charge in [0.15, 0.2) is 11.6 Å². The summed E-state index contributed by atoms with van der Waals surface area (Å²) in [7, 11) is 0. The van der Waals surface area contributed by atoms with Crippen molar-refractivity contribution in [3.8, 4) is 5.82 Å². The van der Waals surface area contributed by atoms with Crippen molar-refractivity contribution < 1.29 is 0 Å². The van der Waals surface area contributed by atoms with Crippen molar-refractivity contribution in [2.75, 3.05) is 5.32 Å². The fourth-order valence-electron chi connectivity index (χ4n) is 2.93. The van der Waals surface area contributed by atoms with Crippen LogP contribution in [0.15, 0.2) is 60.9 Å². The van der Waals surface area contributed by atoms with Crippen molar-refractivity contribution >= 4 is 22.5 Å². The molecule has 0 fully saturated rings. The van der Waals surface area contributed by atoms with Gasteiger partial charge in [0.1, 0.15) is 5.82 Å². The van der Waals surface area contributed by atoms with E-state index in [1.807, 2.05) is 35.8 Å². The van der Waals surface area contributed by atoms with E-state index in [4.69, 9.17) is 4.98 Å². The maximum atomic E-state index is 4.71. The van der Waals surface area contributed by atoms with Crippen molar-refractivity contribution in [3.63, 3.8) is 0 Å². The Labute approximate surface area is 146 Å². The highest BCUT2D eigenvalue weighted by molar-refractivity contribution is 5.77. The minimum Gasteiger partial charge on any atom is -0.339 e. The number of rotatable bonds is 4. The highest BCUT2D eigenvalue weighted by Gasteiger charge is 2.10. The van der Waals surface area contributed by atoms with Crippen LogP contribution in [0.1, 0.15) is 18.3 Å². The van der Waals surface area contributed by atoms with E-state index in [0.29, 0.717) is 5.82 Å². The number of para-hydroxylation sites is 2. The first-order valence-electron chi connectivity index (χ1n) is 8.37. The maximum absolute atomic E-state index is 4.71. The molecule has 0 radical (unpaired) electrons. The molecule has 0 atom stereocenters. The molecule has 0 amide bonds. The lowest BCUT2D eigenvalue weighted by atomic mass is 10.1. The molecule has 0 aliphatic heterocycles. The first kappa shape index (κ1) is 15.3. The minimum atomic E-state index is 0.707. The number of anilines is 2. The lowest BCUT2D eigenvalue weighted by Gasteiger charge is -2.09. The molecule has 0 spiro atoms. The number of aryl methyl sites for hydroxylation is 2. The number of imidazole rings is 1. The summed E-state index contributed by atoms with van der Waals surface area (Å²) in [6.07, 6.45) is 4.51. The monoisotopic (exact) mass is 329 g/mol. The Kier molecular flexibility index (Phi) is 3.90. The van der Waals surface area contributed by atoms with Crippen LogP contribution in [0.2, 0.25) is 0 Å². The van der Waals surface area contributed by atoms with E-state index < -0.39 is 0 Å². The van der Waals surface area contributed by atoms with E-state index in [0.717, 1.165) is 34.8 Å². The van der Waals surface area contributed by atoms with Crippen LogP contribution < -0.4 is 5.32 Å². The van der Waals surface area contributed by atoms with E-state index in [9.17, 15) is 0 Å². The van der Waals surface area contributed by atoms with Gasteiger partial charge in [0.2, 0.25) is 0 Å². The van der Waals surface area contributed by atoms with Crippen LogP contribution in [0.3, 0.4) is 0 Å². The quantitative estimate of drug-likeness (QED) is 0.602. The second-order valence-electron chi connectivity index (χ2n) is 5.92. The van der Waals surface area contributed by atoms with Crippen LogP contribution in [0.25, 0.3) is 16.9 Å². The second kappa shape index (κ2) is 6.36. The highest BCUT2D eigenvalue weighted by Crippen LogP contribution is 2.21. The Morgan fingerprint density at radius 2 is 1.76 bits per heavy atom. The summed E-state index contributed by atoms with van der Waals surface area (Å²) < 4.78 is 2.02. The van der Waals surface area contributed by atoms with Gasteiger partial charge in [-0.1, -0.05) is 31.2 Å². The molecule has 2 aromatic carbocycles. The lowest BCUT2D eigenvalue weighted by Crippen LogP contribution is -2.03. The minimum absolute atomic E-state index is 0.707. The zero-order valence-corrected chi connectivity index (χ0v) is 14.3. The van der Waals surface area contributed by atoms with Crippen LogP contribution in [0.5, 0.6) is 0 Å². The molecule has 2 heterocycles. The third-order valence-corrected chi connectivity index (χ3v) is 4.21. The Bertz CT molecular complexity index is 1020. The predicted molar refractivity (Wildman–Crippen MR) is 100 cm³/mol. The smallest absolute Gasteiger partial charge is 0.159 e. The third-order valence-electron chi connectivity index (χ3n) is 4.21. The van der Waals surface area contributed by atoms with E-state index in [1.54, 1.807) is 12.4 Å². The number of fused-ring (bicyclic) bond motifs is 1. The topological polar surface area (TPSA) is 55.6 Å². The Morgan fingerprint density at radius 1 is 0.960 bits per heavy atom. The fourth-order valence-corrected chi connectivity index (χ4v) is 2.93. The molecule has 0 bridgehead atoms. The van der Waals surface area contributed by atoms with Gasteiger partial charge in [0, 0.05) is 5.69 Å². The van der Waals surface area contributed by atoms with Crippen molar-refractivity contribution in [2.24, 2.45) is 0 Å². The molecule has 25 heavy (non-hydrogen) atoms. The number of hydrogen-bond acceptors (Lipinski definition) is 4. The molecule has 4 aromatic rings. The molecule has 2 aromatic heterocycles. The molecule has 5 nitrogen and oxygen atoms in total. The van der Waals surface area contributed by atoms with Crippen molar-refractivity contribution in [1.29, 1.82) is 0 Å². The van der Waals surface area contributed by atoms with Gasteiger partial charge in [-0.15, -0.1) is 0 Å². The normalized spacial score (nSPS) is 11.0. The number of benzene rings is 2. The first-order valence-corrected chi connectivity index (χ1v) is 8.37. The molecule has 124 valence electrons. The van der Waals surface area contributed by atoms with Gasteiger partial charge in [-0.25, -0.2) is 9.97 Å². The van der Waals surface area contributed by atoms with Gasteiger partial charge in [0.25, 0.3) is 0 Å². The first-order chi connectivity index (χ1) is 12.2. The summed E-state index contributed by atoms with van der Waals surface area (Å²) >= 11 is 0. The molecular formula is C20H19N5. The van der Waals surface area contributed by atoms with E-state index >= 15 is 0 Å². The Balaban J connectivity index is 1.70. The molecule has 0 aliphatic rings. The summed E-state index contributed by atoms with van der Waals surface area (Å²) in [6.45, 7) is 4.13. The van der Waals surface area contributed by atoms with Gasteiger partial charge >= 0.3 is 0 Å². The molecule has 0 saturated heterocycles. The summed E-state index contributed by atoms with van der Waals surface area (Å²) in [5.74, 6) is 2.35. The van der Waals surface area contributed by atoms with Gasteiger partial charge in [0.05, 0.1) is 23.4 Å². The number of nitrogens with zero attached hydrogens (tertiary/aromatic N) is 4. The van der Waals surface area contributed by atoms with E-state index in [-0.39, 0.29) is 0 Å². The Morgan fingerprint density at radius 3 is 2.56 bits per heavy atom.